The molecular formula is C37H34N8O2S2. The lowest BCUT2D eigenvalue weighted by atomic mass is 9.88. The number of hydrogen-bond acceptors (Lipinski definition) is 10. The molecule has 0 bridgehead atoms. The number of amides is 2. The molecule has 0 fully saturated rings. The summed E-state index contributed by atoms with van der Waals surface area (Å²) in [5, 5.41) is 6.32. The zero-order valence-corrected chi connectivity index (χ0v) is 28.1. The van der Waals surface area contributed by atoms with Crippen LogP contribution in [0.5, 0.6) is 0 Å². The molecule has 246 valence electrons. The van der Waals surface area contributed by atoms with E-state index >= 15 is 0 Å². The van der Waals surface area contributed by atoms with Crippen LogP contribution in [0, 0.1) is 0 Å². The maximum atomic E-state index is 12.7. The van der Waals surface area contributed by atoms with Crippen LogP contribution in [0.3, 0.4) is 0 Å². The number of nitrogens with one attached hydrogen (secondary N) is 2. The van der Waals surface area contributed by atoms with Gasteiger partial charge in [0.2, 0.25) is 11.9 Å². The lowest BCUT2D eigenvalue weighted by Crippen LogP contribution is -2.30. The van der Waals surface area contributed by atoms with E-state index in [-0.39, 0.29) is 35.8 Å². The average molecular weight is 687 g/mol. The predicted molar refractivity (Wildman–Crippen MR) is 194 cm³/mol. The first kappa shape index (κ1) is 32.1. The monoisotopic (exact) mass is 686 g/mol. The Morgan fingerprint density at radius 1 is 0.612 bits per heavy atom. The van der Waals surface area contributed by atoms with Gasteiger partial charge in [-0.05, 0) is 90.8 Å². The van der Waals surface area contributed by atoms with E-state index in [0.717, 1.165) is 53.2 Å². The highest BCUT2D eigenvalue weighted by atomic mass is 32.1. The second kappa shape index (κ2) is 14.3. The summed E-state index contributed by atoms with van der Waals surface area (Å²) in [4.78, 5) is 44.6. The number of rotatable bonds is 6. The number of anilines is 2. The zero-order valence-electron chi connectivity index (χ0n) is 26.5. The third-order valence-corrected chi connectivity index (χ3v) is 10.8. The van der Waals surface area contributed by atoms with Gasteiger partial charge in [-0.15, -0.1) is 22.7 Å². The van der Waals surface area contributed by atoms with Crippen LogP contribution in [-0.2, 0) is 12.8 Å². The Morgan fingerprint density at radius 3 is 1.63 bits per heavy atom. The number of carbonyl (C=O) groups excluding carboxylic acids is 2. The molecule has 0 radical (unpaired) electrons. The molecule has 2 aliphatic carbocycles. The third kappa shape index (κ3) is 7.35. The minimum Gasteiger partial charge on any atom is -0.368 e. The molecule has 49 heavy (non-hydrogen) atoms. The van der Waals surface area contributed by atoms with E-state index in [1.54, 1.807) is 24.5 Å². The number of aromatic nitrogens is 4. The predicted octanol–water partition coefficient (Wildman–Crippen LogP) is 6.80. The molecule has 6 aromatic rings. The van der Waals surface area contributed by atoms with Gasteiger partial charge in [0, 0.05) is 12.4 Å². The zero-order chi connectivity index (χ0) is 33.7. The van der Waals surface area contributed by atoms with E-state index < -0.39 is 0 Å². The van der Waals surface area contributed by atoms with Crippen LogP contribution in [0.4, 0.5) is 11.9 Å². The van der Waals surface area contributed by atoms with Crippen molar-refractivity contribution in [2.24, 2.45) is 0 Å². The Labute approximate surface area is 291 Å². The number of nitrogen functional groups attached to an aromatic ring is 2. The summed E-state index contributed by atoms with van der Waals surface area (Å²) in [6, 6.07) is 27.9. The molecule has 2 atom stereocenters. The van der Waals surface area contributed by atoms with Crippen molar-refractivity contribution in [2.75, 3.05) is 11.5 Å². The number of nitrogens with zero attached hydrogens (tertiary/aromatic N) is 4. The van der Waals surface area contributed by atoms with Gasteiger partial charge in [-0.2, -0.15) is 0 Å². The number of thiophene rings is 2. The fraction of sp³-hybridized carbons (Fsp3) is 0.189. The van der Waals surface area contributed by atoms with Crippen molar-refractivity contribution in [1.29, 1.82) is 0 Å². The number of nitrogens with two attached hydrogens (primary N) is 2. The summed E-state index contributed by atoms with van der Waals surface area (Å²) in [5.74, 6) is 0.375. The van der Waals surface area contributed by atoms with Crippen LogP contribution in [0.1, 0.15) is 72.9 Å². The van der Waals surface area contributed by atoms with Gasteiger partial charge in [0.1, 0.15) is 0 Å². The molecule has 0 saturated heterocycles. The van der Waals surface area contributed by atoms with Crippen molar-refractivity contribution in [3.8, 4) is 21.1 Å². The molecule has 2 aliphatic rings. The second-order valence-electron chi connectivity index (χ2n) is 11.8. The average Bonchev–Trinajstić information content (AvgIpc) is 3.90. The fourth-order valence-electron chi connectivity index (χ4n) is 6.29. The molecule has 6 N–H and O–H groups in total. The number of carbonyl (C=O) groups is 2. The van der Waals surface area contributed by atoms with Gasteiger partial charge in [-0.3, -0.25) is 9.59 Å². The van der Waals surface area contributed by atoms with Crippen LogP contribution in [0.2, 0.25) is 0 Å². The van der Waals surface area contributed by atoms with Crippen molar-refractivity contribution in [3.05, 3.63) is 129 Å². The van der Waals surface area contributed by atoms with E-state index in [0.29, 0.717) is 9.75 Å². The highest BCUT2D eigenvalue weighted by Gasteiger charge is 2.25. The standard InChI is InChI=1S/C19H18N4OS.C18H16N4OS/c20-19-21-11-10-15(23-19)16-8-9-17(25-16)18(24)22-14-7-3-5-12-4-1-2-6-13(12)14;19-18-20-10-9-14(22-18)15-7-8-16(24-15)17(23)21-13-6-5-11-3-1-2-4-12(11)13/h1-2,4,6,8-11,14H,3,5,7H2,(H,22,24)(H2,20,21,23);1-4,7-10,13H,5-6H2,(H,21,23)(H2,19,20,22)/t14-;/m0./s1. The van der Waals surface area contributed by atoms with Crippen LogP contribution in [0.15, 0.2) is 97.3 Å². The number of aryl methyl sites for hydroxylation is 2. The molecule has 8 rings (SSSR count). The first-order valence-corrected chi connectivity index (χ1v) is 17.7. The SMILES string of the molecule is Nc1nccc(-c2ccc(C(=O)NC3CCc4ccccc43)s2)n1.Nc1nccc(-c2ccc(C(=O)N[C@H]3CCCc4ccccc43)s2)n1. The smallest absolute Gasteiger partial charge is 0.261 e. The van der Waals surface area contributed by atoms with Gasteiger partial charge >= 0.3 is 0 Å². The molecule has 10 nitrogen and oxygen atoms in total. The summed E-state index contributed by atoms with van der Waals surface area (Å²) in [5.41, 5.74) is 17.9. The Bertz CT molecular complexity index is 2130. The van der Waals surface area contributed by atoms with E-state index in [1.807, 2.05) is 42.5 Å². The molecule has 0 aliphatic heterocycles. The number of hydrogen-bond donors (Lipinski definition) is 4. The topological polar surface area (TPSA) is 162 Å². The first-order chi connectivity index (χ1) is 23.9. The van der Waals surface area contributed by atoms with E-state index in [4.69, 9.17) is 11.5 Å². The highest BCUT2D eigenvalue weighted by Crippen LogP contribution is 2.33. The Balaban J connectivity index is 0.000000154. The van der Waals surface area contributed by atoms with Crippen LogP contribution in [-0.4, -0.2) is 31.8 Å². The van der Waals surface area contributed by atoms with Crippen molar-refractivity contribution in [2.45, 2.75) is 44.2 Å². The Hall–Kier alpha value is -5.46. The van der Waals surface area contributed by atoms with E-state index in [2.05, 4.69) is 60.9 Å². The Morgan fingerprint density at radius 2 is 1.10 bits per heavy atom. The maximum Gasteiger partial charge on any atom is 0.261 e. The number of benzene rings is 2. The summed E-state index contributed by atoms with van der Waals surface area (Å²) in [6.45, 7) is 0. The molecule has 4 heterocycles. The van der Waals surface area contributed by atoms with Crippen LogP contribution in [0.25, 0.3) is 21.1 Å². The van der Waals surface area contributed by atoms with Crippen molar-refractivity contribution >= 4 is 46.4 Å². The third-order valence-electron chi connectivity index (χ3n) is 8.63. The van der Waals surface area contributed by atoms with Gasteiger partial charge in [-0.1, -0.05) is 48.5 Å². The number of fused-ring (bicyclic) bond motifs is 2. The summed E-state index contributed by atoms with van der Waals surface area (Å²) in [7, 11) is 0. The van der Waals surface area contributed by atoms with Gasteiger partial charge in [0.25, 0.3) is 11.8 Å². The minimum absolute atomic E-state index is 0.0417. The molecule has 0 spiro atoms. The molecule has 2 amide bonds. The normalized spacial score (nSPS) is 16.1. The van der Waals surface area contributed by atoms with Gasteiger partial charge < -0.3 is 22.1 Å². The maximum absolute atomic E-state index is 12.7. The molecule has 4 aromatic heterocycles. The van der Waals surface area contributed by atoms with Crippen molar-refractivity contribution < 1.29 is 9.59 Å². The van der Waals surface area contributed by atoms with Crippen LogP contribution < -0.4 is 22.1 Å². The van der Waals surface area contributed by atoms with Crippen molar-refractivity contribution in [3.63, 3.8) is 0 Å². The molecule has 0 saturated carbocycles. The Kier molecular flexibility index (Phi) is 9.40. The summed E-state index contributed by atoms with van der Waals surface area (Å²) in [6.07, 6.45) is 8.35. The minimum atomic E-state index is -0.0463. The molecule has 1 unspecified atom stereocenters. The largest absolute Gasteiger partial charge is 0.368 e. The highest BCUT2D eigenvalue weighted by molar-refractivity contribution is 7.17. The van der Waals surface area contributed by atoms with Crippen LogP contribution >= 0.6 is 22.7 Å². The molecule has 12 heteroatoms. The van der Waals surface area contributed by atoms with Gasteiger partial charge in [0.15, 0.2) is 0 Å². The fourth-order valence-corrected chi connectivity index (χ4v) is 8.04. The lowest BCUT2D eigenvalue weighted by Gasteiger charge is -2.26. The van der Waals surface area contributed by atoms with Gasteiger partial charge in [0.05, 0.1) is 43.0 Å². The van der Waals surface area contributed by atoms with Gasteiger partial charge in [-0.25, -0.2) is 19.9 Å². The van der Waals surface area contributed by atoms with E-state index in [1.165, 1.54) is 44.9 Å². The quantitative estimate of drug-likeness (QED) is 0.149. The molecular weight excluding hydrogens is 653 g/mol. The summed E-state index contributed by atoms with van der Waals surface area (Å²) < 4.78 is 0. The molecule has 2 aromatic carbocycles. The lowest BCUT2D eigenvalue weighted by molar-refractivity contribution is 0.0930. The second-order valence-corrected chi connectivity index (χ2v) is 14.0. The van der Waals surface area contributed by atoms with Crippen molar-refractivity contribution in [1.82, 2.24) is 30.6 Å². The summed E-state index contributed by atoms with van der Waals surface area (Å²) >= 11 is 2.82. The van der Waals surface area contributed by atoms with E-state index in [9.17, 15) is 9.59 Å². The first-order valence-electron chi connectivity index (χ1n) is 16.1.